The molecule has 0 radical (unpaired) electrons. The van der Waals surface area contributed by atoms with Crippen LogP contribution in [0.2, 0.25) is 0 Å². The van der Waals surface area contributed by atoms with E-state index in [-0.39, 0.29) is 19.5 Å². The molecule has 1 fully saturated rings. The average molecular weight is 317 g/mol. The molecule has 122 valence electrons. The number of hydrogen-bond donors (Lipinski definition) is 0. The highest BCUT2D eigenvalue weighted by atomic mass is 19.4. The number of ether oxygens (including phenoxy) is 2. The quantitative estimate of drug-likeness (QED) is 0.838. The summed E-state index contributed by atoms with van der Waals surface area (Å²) >= 11 is 0. The largest absolute Gasteiger partial charge is 0.471 e. The van der Waals surface area contributed by atoms with Gasteiger partial charge in [0, 0.05) is 19.5 Å². The Morgan fingerprint density at radius 1 is 1.18 bits per heavy atom. The lowest BCUT2D eigenvalue weighted by atomic mass is 10.2. The number of halogens is 3. The van der Waals surface area contributed by atoms with E-state index < -0.39 is 18.4 Å². The topological polar surface area (TPSA) is 38.8 Å². The van der Waals surface area contributed by atoms with Gasteiger partial charge >= 0.3 is 12.1 Å². The molecular weight excluding hydrogens is 299 g/mol. The lowest BCUT2D eigenvalue weighted by molar-refractivity contribution is -0.194. The summed E-state index contributed by atoms with van der Waals surface area (Å²) in [5.41, 5.74) is 0.644. The summed E-state index contributed by atoms with van der Waals surface area (Å²) in [7, 11) is 0. The zero-order chi connectivity index (χ0) is 16.0. The molecule has 0 bridgehead atoms. The first-order valence-corrected chi connectivity index (χ1v) is 7.10. The molecule has 0 aliphatic carbocycles. The minimum absolute atomic E-state index is 0.0715. The van der Waals surface area contributed by atoms with Crippen LogP contribution in [-0.2, 0) is 20.8 Å². The van der Waals surface area contributed by atoms with E-state index in [9.17, 15) is 18.0 Å². The predicted octanol–water partition coefficient (Wildman–Crippen LogP) is 2.73. The monoisotopic (exact) mass is 317 g/mol. The van der Waals surface area contributed by atoms with Gasteiger partial charge < -0.3 is 14.4 Å². The molecule has 4 nitrogen and oxygen atoms in total. The van der Waals surface area contributed by atoms with Crippen LogP contribution in [0.25, 0.3) is 0 Å². The van der Waals surface area contributed by atoms with Crippen LogP contribution < -0.4 is 0 Å². The number of nitrogens with zero attached hydrogens (tertiary/aromatic N) is 1. The van der Waals surface area contributed by atoms with Gasteiger partial charge in [0.25, 0.3) is 0 Å². The first-order chi connectivity index (χ1) is 10.5. The molecule has 22 heavy (non-hydrogen) atoms. The van der Waals surface area contributed by atoms with Gasteiger partial charge in [-0.1, -0.05) is 30.3 Å². The minimum atomic E-state index is -4.89. The van der Waals surface area contributed by atoms with Crippen molar-refractivity contribution in [2.45, 2.75) is 31.9 Å². The van der Waals surface area contributed by atoms with Crippen molar-refractivity contribution >= 4 is 5.91 Å². The van der Waals surface area contributed by atoms with E-state index in [1.807, 2.05) is 0 Å². The van der Waals surface area contributed by atoms with Gasteiger partial charge in [-0.2, -0.15) is 13.2 Å². The summed E-state index contributed by atoms with van der Waals surface area (Å²) in [4.78, 5) is 12.3. The molecule has 0 saturated carbocycles. The van der Waals surface area contributed by atoms with E-state index in [1.54, 1.807) is 30.3 Å². The zero-order valence-corrected chi connectivity index (χ0v) is 12.0. The first-order valence-electron chi connectivity index (χ1n) is 7.10. The fraction of sp³-hybridized carbons (Fsp3) is 0.533. The van der Waals surface area contributed by atoms with Crippen molar-refractivity contribution in [1.29, 1.82) is 0 Å². The Bertz CT molecular complexity index is 473. The second-order valence-electron chi connectivity index (χ2n) is 5.02. The molecule has 2 rings (SSSR count). The fourth-order valence-corrected chi connectivity index (χ4v) is 2.20. The van der Waals surface area contributed by atoms with Crippen molar-refractivity contribution in [3.05, 3.63) is 35.9 Å². The Morgan fingerprint density at radius 3 is 2.41 bits per heavy atom. The van der Waals surface area contributed by atoms with Crippen LogP contribution in [0.1, 0.15) is 18.4 Å². The lowest BCUT2D eigenvalue weighted by Crippen LogP contribution is -2.42. The van der Waals surface area contributed by atoms with Gasteiger partial charge in [0.05, 0.1) is 13.2 Å². The van der Waals surface area contributed by atoms with E-state index >= 15 is 0 Å². The SMILES string of the molecule is O=C(N(CCC1OCCCO1)Cc1ccccc1)C(F)(F)F. The van der Waals surface area contributed by atoms with E-state index in [0.717, 1.165) is 11.3 Å². The molecular formula is C15H18F3NO3. The van der Waals surface area contributed by atoms with Crippen LogP contribution in [0.15, 0.2) is 30.3 Å². The van der Waals surface area contributed by atoms with E-state index in [2.05, 4.69) is 0 Å². The van der Waals surface area contributed by atoms with Crippen molar-refractivity contribution in [3.8, 4) is 0 Å². The number of benzene rings is 1. The number of amides is 1. The van der Waals surface area contributed by atoms with Gasteiger partial charge in [-0.15, -0.1) is 0 Å². The highest BCUT2D eigenvalue weighted by molar-refractivity contribution is 5.81. The molecule has 1 saturated heterocycles. The maximum atomic E-state index is 12.7. The van der Waals surface area contributed by atoms with Crippen molar-refractivity contribution < 1.29 is 27.4 Å². The average Bonchev–Trinajstić information content (AvgIpc) is 2.52. The summed E-state index contributed by atoms with van der Waals surface area (Å²) < 4.78 is 48.7. The van der Waals surface area contributed by atoms with Crippen LogP contribution in [0.3, 0.4) is 0 Å². The van der Waals surface area contributed by atoms with E-state index in [4.69, 9.17) is 9.47 Å². The number of carbonyl (C=O) groups is 1. The maximum absolute atomic E-state index is 12.7. The maximum Gasteiger partial charge on any atom is 0.471 e. The standard InChI is InChI=1S/C15H18F3NO3/c16-15(17,18)14(20)19(11-12-5-2-1-3-6-12)8-7-13-21-9-4-10-22-13/h1-3,5-6,13H,4,7-11H2. The predicted molar refractivity (Wildman–Crippen MR) is 72.8 cm³/mol. The molecule has 1 aliphatic heterocycles. The molecule has 7 heteroatoms. The molecule has 1 amide bonds. The Morgan fingerprint density at radius 2 is 1.82 bits per heavy atom. The van der Waals surface area contributed by atoms with Crippen LogP contribution >= 0.6 is 0 Å². The highest BCUT2D eigenvalue weighted by Gasteiger charge is 2.42. The van der Waals surface area contributed by atoms with Crippen molar-refractivity contribution in [1.82, 2.24) is 4.90 Å². The summed E-state index contributed by atoms with van der Waals surface area (Å²) in [6, 6.07) is 8.58. The summed E-state index contributed by atoms with van der Waals surface area (Å²) in [6.07, 6.45) is -4.45. The number of rotatable bonds is 5. The second-order valence-corrected chi connectivity index (χ2v) is 5.02. The van der Waals surface area contributed by atoms with Gasteiger partial charge in [-0.05, 0) is 12.0 Å². The number of alkyl halides is 3. The van der Waals surface area contributed by atoms with E-state index in [1.165, 1.54) is 0 Å². The zero-order valence-electron chi connectivity index (χ0n) is 12.0. The van der Waals surface area contributed by atoms with Gasteiger partial charge in [-0.25, -0.2) is 0 Å². The minimum Gasteiger partial charge on any atom is -0.353 e. The third-order valence-electron chi connectivity index (χ3n) is 3.28. The van der Waals surface area contributed by atoms with Crippen LogP contribution in [0.5, 0.6) is 0 Å². The fourth-order valence-electron chi connectivity index (χ4n) is 2.20. The Hall–Kier alpha value is -1.60. The molecule has 1 heterocycles. The third kappa shape index (κ3) is 4.99. The third-order valence-corrected chi connectivity index (χ3v) is 3.28. The summed E-state index contributed by atoms with van der Waals surface area (Å²) in [5.74, 6) is -1.84. The molecule has 0 aromatic heterocycles. The van der Waals surface area contributed by atoms with E-state index in [0.29, 0.717) is 18.8 Å². The summed E-state index contributed by atoms with van der Waals surface area (Å²) in [5, 5.41) is 0. The first kappa shape index (κ1) is 16.8. The molecule has 0 unspecified atom stereocenters. The molecule has 1 aromatic carbocycles. The molecule has 1 aliphatic rings. The number of hydrogen-bond acceptors (Lipinski definition) is 3. The Balaban J connectivity index is 1.99. The van der Waals surface area contributed by atoms with Gasteiger partial charge in [0.15, 0.2) is 6.29 Å². The van der Waals surface area contributed by atoms with Gasteiger partial charge in [0.2, 0.25) is 0 Å². The normalized spacial score (nSPS) is 16.5. The van der Waals surface area contributed by atoms with Crippen molar-refractivity contribution in [3.63, 3.8) is 0 Å². The smallest absolute Gasteiger partial charge is 0.353 e. The Kier molecular flexibility index (Phi) is 5.79. The lowest BCUT2D eigenvalue weighted by Gasteiger charge is -2.28. The molecule has 1 aromatic rings. The summed E-state index contributed by atoms with van der Waals surface area (Å²) in [6.45, 7) is 0.886. The van der Waals surface area contributed by atoms with Crippen LogP contribution in [0.4, 0.5) is 13.2 Å². The van der Waals surface area contributed by atoms with Gasteiger partial charge in [0.1, 0.15) is 0 Å². The number of carbonyl (C=O) groups excluding carboxylic acids is 1. The molecule has 0 atom stereocenters. The van der Waals surface area contributed by atoms with Crippen LogP contribution in [0, 0.1) is 0 Å². The van der Waals surface area contributed by atoms with Crippen molar-refractivity contribution in [2.75, 3.05) is 19.8 Å². The second kappa shape index (κ2) is 7.60. The van der Waals surface area contributed by atoms with Crippen molar-refractivity contribution in [2.24, 2.45) is 0 Å². The van der Waals surface area contributed by atoms with Gasteiger partial charge in [-0.3, -0.25) is 4.79 Å². The molecule has 0 spiro atoms. The highest BCUT2D eigenvalue weighted by Crippen LogP contribution is 2.21. The van der Waals surface area contributed by atoms with Crippen LogP contribution in [-0.4, -0.2) is 43.0 Å². The molecule has 0 N–H and O–H groups in total. The Labute approximate surface area is 126 Å².